The van der Waals surface area contributed by atoms with Crippen molar-refractivity contribution in [2.75, 3.05) is 5.32 Å². The summed E-state index contributed by atoms with van der Waals surface area (Å²) >= 11 is 3.45. The Hall–Kier alpha value is -1.23. The number of alkyl halides is 1. The second-order valence-corrected chi connectivity index (χ2v) is 6.59. The lowest BCUT2D eigenvalue weighted by molar-refractivity contribution is 0.0635. The van der Waals surface area contributed by atoms with Crippen LogP contribution in [0, 0.1) is 0 Å². The van der Waals surface area contributed by atoms with E-state index in [0.717, 1.165) is 28.6 Å². The Labute approximate surface area is 128 Å². The summed E-state index contributed by atoms with van der Waals surface area (Å²) in [5.41, 5.74) is 2.39. The number of ether oxygens (including phenoxy) is 2. The molecule has 0 aromatic heterocycles. The van der Waals surface area contributed by atoms with E-state index in [9.17, 15) is 4.79 Å². The Morgan fingerprint density at radius 2 is 2.20 bits per heavy atom. The van der Waals surface area contributed by atoms with Crippen molar-refractivity contribution in [3.63, 3.8) is 0 Å². The van der Waals surface area contributed by atoms with Crippen LogP contribution >= 0.6 is 15.9 Å². The normalized spacial score (nSPS) is 17.4. The van der Waals surface area contributed by atoms with Gasteiger partial charge in [-0.15, -0.1) is 0 Å². The van der Waals surface area contributed by atoms with Crippen LogP contribution in [0.15, 0.2) is 12.1 Å². The maximum atomic E-state index is 11.9. The van der Waals surface area contributed by atoms with Crippen LogP contribution in [-0.4, -0.2) is 17.8 Å². The first-order chi connectivity index (χ1) is 9.28. The van der Waals surface area contributed by atoms with Gasteiger partial charge in [0.25, 0.3) is 0 Å². The van der Waals surface area contributed by atoms with Crippen LogP contribution in [-0.2, 0) is 16.5 Å². The summed E-state index contributed by atoms with van der Waals surface area (Å²) < 4.78 is 11.1. The van der Waals surface area contributed by atoms with E-state index in [1.165, 1.54) is 0 Å². The number of rotatable bonds is 2. The molecular formula is C15H20BrNO3. The fraction of sp³-hybridized carbons (Fsp3) is 0.533. The van der Waals surface area contributed by atoms with Gasteiger partial charge in [-0.1, -0.05) is 22.0 Å². The summed E-state index contributed by atoms with van der Waals surface area (Å²) in [7, 11) is 0. The molecule has 0 saturated carbocycles. The van der Waals surface area contributed by atoms with Crippen LogP contribution in [0.3, 0.4) is 0 Å². The molecule has 0 radical (unpaired) electrons. The fourth-order valence-electron chi connectivity index (χ4n) is 2.18. The van der Waals surface area contributed by atoms with Crippen LogP contribution in [0.25, 0.3) is 0 Å². The van der Waals surface area contributed by atoms with E-state index in [1.807, 2.05) is 33.8 Å². The molecule has 0 spiro atoms. The maximum Gasteiger partial charge on any atom is 0.412 e. The summed E-state index contributed by atoms with van der Waals surface area (Å²) in [6, 6.07) is 4.02. The fourth-order valence-corrected chi connectivity index (χ4v) is 2.51. The molecule has 20 heavy (non-hydrogen) atoms. The molecule has 1 aliphatic rings. The highest BCUT2D eigenvalue weighted by atomic mass is 79.9. The van der Waals surface area contributed by atoms with Crippen molar-refractivity contribution in [1.29, 1.82) is 0 Å². The first-order valence-electron chi connectivity index (χ1n) is 6.67. The first-order valence-corrected chi connectivity index (χ1v) is 7.79. The third-order valence-electron chi connectivity index (χ3n) is 2.84. The molecule has 110 valence electrons. The standard InChI is InChI=1S/C15H20BrNO3/c1-9-5-11-6-10(8-16)7-12(13(11)19-9)17-14(18)20-15(2,3)4/h6-7,9H,5,8H2,1-4H3,(H,17,18)/t9-/m1/s1. The quantitative estimate of drug-likeness (QED) is 0.818. The second-order valence-electron chi connectivity index (χ2n) is 6.02. The highest BCUT2D eigenvalue weighted by Gasteiger charge is 2.25. The number of hydrogen-bond acceptors (Lipinski definition) is 3. The highest BCUT2D eigenvalue weighted by Crippen LogP contribution is 2.38. The predicted molar refractivity (Wildman–Crippen MR) is 82.7 cm³/mol. The van der Waals surface area contributed by atoms with E-state index in [2.05, 4.69) is 27.3 Å². The van der Waals surface area contributed by atoms with Crippen LogP contribution < -0.4 is 10.1 Å². The predicted octanol–water partition coefficient (Wildman–Crippen LogP) is 4.25. The third-order valence-corrected chi connectivity index (χ3v) is 3.49. The van der Waals surface area contributed by atoms with Gasteiger partial charge in [-0.05, 0) is 39.3 Å². The minimum atomic E-state index is -0.519. The number of benzene rings is 1. The van der Waals surface area contributed by atoms with Gasteiger partial charge in [0.15, 0.2) is 0 Å². The molecule has 1 amide bonds. The van der Waals surface area contributed by atoms with Gasteiger partial charge in [0.1, 0.15) is 17.5 Å². The first kappa shape index (κ1) is 15.2. The number of anilines is 1. The monoisotopic (exact) mass is 341 g/mol. The van der Waals surface area contributed by atoms with Crippen molar-refractivity contribution in [2.45, 2.75) is 51.2 Å². The van der Waals surface area contributed by atoms with Crippen molar-refractivity contribution in [3.8, 4) is 5.75 Å². The molecule has 0 fully saturated rings. The number of fused-ring (bicyclic) bond motifs is 1. The molecule has 1 aromatic rings. The van der Waals surface area contributed by atoms with Crippen LogP contribution in [0.4, 0.5) is 10.5 Å². The van der Waals surface area contributed by atoms with E-state index in [1.54, 1.807) is 0 Å². The van der Waals surface area contributed by atoms with E-state index >= 15 is 0 Å². The summed E-state index contributed by atoms with van der Waals surface area (Å²) in [5.74, 6) is 0.757. The largest absolute Gasteiger partial charge is 0.488 e. The summed E-state index contributed by atoms with van der Waals surface area (Å²) in [4.78, 5) is 11.9. The molecule has 0 bridgehead atoms. The second kappa shape index (κ2) is 5.64. The molecule has 5 heteroatoms. The summed E-state index contributed by atoms with van der Waals surface area (Å²) in [6.07, 6.45) is 0.531. The molecule has 4 nitrogen and oxygen atoms in total. The average Bonchev–Trinajstić information content (AvgIpc) is 2.66. The van der Waals surface area contributed by atoms with Crippen LogP contribution in [0.1, 0.15) is 38.8 Å². The third kappa shape index (κ3) is 3.66. The summed E-state index contributed by atoms with van der Waals surface area (Å²) in [6.45, 7) is 7.53. The summed E-state index contributed by atoms with van der Waals surface area (Å²) in [5, 5.41) is 3.52. The van der Waals surface area contributed by atoms with E-state index in [0.29, 0.717) is 5.69 Å². The molecule has 1 atom stereocenters. The van der Waals surface area contributed by atoms with Crippen LogP contribution in [0.2, 0.25) is 0 Å². The number of carbonyl (C=O) groups excluding carboxylic acids is 1. The number of nitrogens with one attached hydrogen (secondary N) is 1. The lowest BCUT2D eigenvalue weighted by atomic mass is 10.1. The molecule has 1 N–H and O–H groups in total. The van der Waals surface area contributed by atoms with Gasteiger partial charge in [0.2, 0.25) is 0 Å². The van der Waals surface area contributed by atoms with Crippen molar-refractivity contribution in [2.24, 2.45) is 0 Å². The zero-order chi connectivity index (χ0) is 14.9. The Bertz CT molecular complexity index is 523. The van der Waals surface area contributed by atoms with E-state index < -0.39 is 11.7 Å². The Morgan fingerprint density at radius 3 is 2.80 bits per heavy atom. The molecule has 0 saturated heterocycles. The topological polar surface area (TPSA) is 47.6 Å². The van der Waals surface area contributed by atoms with Gasteiger partial charge >= 0.3 is 6.09 Å². The van der Waals surface area contributed by atoms with Crippen molar-refractivity contribution in [1.82, 2.24) is 0 Å². The molecule has 2 rings (SSSR count). The molecule has 0 unspecified atom stereocenters. The lowest BCUT2D eigenvalue weighted by Gasteiger charge is -2.20. The maximum absolute atomic E-state index is 11.9. The SMILES string of the molecule is C[C@@H]1Cc2cc(CBr)cc(NC(=O)OC(C)(C)C)c2O1. The minimum Gasteiger partial charge on any atom is -0.488 e. The minimum absolute atomic E-state index is 0.134. The van der Waals surface area contributed by atoms with E-state index in [4.69, 9.17) is 9.47 Å². The van der Waals surface area contributed by atoms with Gasteiger partial charge in [0.05, 0.1) is 5.69 Å². The van der Waals surface area contributed by atoms with E-state index in [-0.39, 0.29) is 6.10 Å². The van der Waals surface area contributed by atoms with Crippen molar-refractivity contribution < 1.29 is 14.3 Å². The average molecular weight is 342 g/mol. The van der Waals surface area contributed by atoms with Gasteiger partial charge in [0, 0.05) is 17.3 Å². The molecular weight excluding hydrogens is 322 g/mol. The highest BCUT2D eigenvalue weighted by molar-refractivity contribution is 9.08. The smallest absolute Gasteiger partial charge is 0.412 e. The molecule has 1 aromatic carbocycles. The van der Waals surface area contributed by atoms with Gasteiger partial charge in [-0.2, -0.15) is 0 Å². The number of halogens is 1. The Morgan fingerprint density at radius 1 is 1.50 bits per heavy atom. The Kier molecular flexibility index (Phi) is 4.28. The lowest BCUT2D eigenvalue weighted by Crippen LogP contribution is -2.27. The van der Waals surface area contributed by atoms with Crippen LogP contribution in [0.5, 0.6) is 5.75 Å². The van der Waals surface area contributed by atoms with Crippen molar-refractivity contribution in [3.05, 3.63) is 23.3 Å². The Balaban J connectivity index is 2.23. The molecule has 0 aliphatic carbocycles. The zero-order valence-corrected chi connectivity index (χ0v) is 13.8. The molecule has 1 heterocycles. The number of carbonyl (C=O) groups is 1. The van der Waals surface area contributed by atoms with Gasteiger partial charge in [-0.3, -0.25) is 5.32 Å². The number of amides is 1. The van der Waals surface area contributed by atoms with Gasteiger partial charge < -0.3 is 9.47 Å². The van der Waals surface area contributed by atoms with Gasteiger partial charge in [-0.25, -0.2) is 4.79 Å². The number of hydrogen-bond donors (Lipinski definition) is 1. The molecule has 1 aliphatic heterocycles. The van der Waals surface area contributed by atoms with Crippen molar-refractivity contribution >= 4 is 27.7 Å². The zero-order valence-electron chi connectivity index (χ0n) is 12.2.